The molecule has 0 saturated carbocycles. The van der Waals surface area contributed by atoms with Crippen LogP contribution < -0.4 is 5.32 Å². The van der Waals surface area contributed by atoms with E-state index in [2.05, 4.69) is 10.3 Å². The van der Waals surface area contributed by atoms with Gasteiger partial charge in [-0.05, 0) is 13.0 Å². The lowest BCUT2D eigenvalue weighted by atomic mass is 9.95. The van der Waals surface area contributed by atoms with Crippen molar-refractivity contribution in [3.63, 3.8) is 0 Å². The topological polar surface area (TPSA) is 46.4 Å². The second kappa shape index (κ2) is 4.64. The number of hydrogen-bond acceptors (Lipinski definition) is 2. The van der Waals surface area contributed by atoms with Gasteiger partial charge in [-0.25, -0.2) is 9.37 Å². The molecular formula is C14H18FN3O. The minimum atomic E-state index is -0.493. The van der Waals surface area contributed by atoms with Crippen molar-refractivity contribution in [2.75, 3.05) is 0 Å². The maximum atomic E-state index is 14.0. The average Bonchev–Trinajstić information content (AvgIpc) is 2.76. The van der Waals surface area contributed by atoms with Gasteiger partial charge in [0.1, 0.15) is 11.5 Å². The summed E-state index contributed by atoms with van der Waals surface area (Å²) in [5.74, 6) is -0.456. The Balaban J connectivity index is 2.31. The maximum absolute atomic E-state index is 14.0. The summed E-state index contributed by atoms with van der Waals surface area (Å²) < 4.78 is 15.8. The van der Waals surface area contributed by atoms with Crippen LogP contribution in [0.3, 0.4) is 0 Å². The molecule has 2 rings (SSSR count). The van der Waals surface area contributed by atoms with Crippen LogP contribution in [-0.2, 0) is 11.3 Å². The van der Waals surface area contributed by atoms with Gasteiger partial charge >= 0.3 is 0 Å². The number of carbonyl (C=O) groups is 1. The minimum Gasteiger partial charge on any atom is -0.351 e. The number of hydrogen-bond donors (Lipinski definition) is 1. The molecule has 0 aliphatic heterocycles. The molecule has 0 aliphatic carbocycles. The van der Waals surface area contributed by atoms with Crippen molar-refractivity contribution in [1.29, 1.82) is 0 Å². The molecule has 0 spiro atoms. The van der Waals surface area contributed by atoms with Crippen LogP contribution in [0.15, 0.2) is 18.5 Å². The number of halogens is 1. The molecule has 0 atom stereocenters. The first-order valence-electron chi connectivity index (χ1n) is 6.20. The number of amides is 1. The van der Waals surface area contributed by atoms with E-state index in [9.17, 15) is 9.18 Å². The first-order valence-corrected chi connectivity index (χ1v) is 6.20. The lowest BCUT2D eigenvalue weighted by Crippen LogP contribution is -2.34. The third-order valence-electron chi connectivity index (χ3n) is 3.02. The molecule has 0 radical (unpaired) electrons. The van der Waals surface area contributed by atoms with Gasteiger partial charge in [0.15, 0.2) is 0 Å². The SMILES string of the molecule is Cc1cc(F)c(CNC(=O)C(C)(C)C)c2nccn12. The second-order valence-electron chi connectivity index (χ2n) is 5.67. The highest BCUT2D eigenvalue weighted by molar-refractivity contribution is 5.81. The van der Waals surface area contributed by atoms with Crippen LogP contribution in [0.1, 0.15) is 32.0 Å². The molecule has 102 valence electrons. The van der Waals surface area contributed by atoms with E-state index in [1.807, 2.05) is 32.1 Å². The lowest BCUT2D eigenvalue weighted by molar-refractivity contribution is -0.128. The molecule has 2 aromatic heterocycles. The number of nitrogens with zero attached hydrogens (tertiary/aromatic N) is 2. The predicted molar refractivity (Wildman–Crippen MR) is 71.2 cm³/mol. The number of aryl methyl sites for hydroxylation is 1. The van der Waals surface area contributed by atoms with E-state index >= 15 is 0 Å². The molecule has 0 aliphatic rings. The van der Waals surface area contributed by atoms with Crippen LogP contribution in [0, 0.1) is 18.2 Å². The van der Waals surface area contributed by atoms with E-state index < -0.39 is 5.41 Å². The van der Waals surface area contributed by atoms with Gasteiger partial charge in [0.05, 0.1) is 5.56 Å². The molecule has 2 heterocycles. The molecule has 0 bridgehead atoms. The quantitative estimate of drug-likeness (QED) is 0.904. The van der Waals surface area contributed by atoms with Crippen molar-refractivity contribution in [3.8, 4) is 0 Å². The summed E-state index contributed by atoms with van der Waals surface area (Å²) in [5.41, 5.74) is 1.24. The van der Waals surface area contributed by atoms with Gasteiger partial charge in [0, 0.05) is 30.0 Å². The smallest absolute Gasteiger partial charge is 0.225 e. The summed E-state index contributed by atoms with van der Waals surface area (Å²) in [6, 6.07) is 1.45. The molecule has 0 saturated heterocycles. The number of aromatic nitrogens is 2. The molecule has 5 heteroatoms. The molecular weight excluding hydrogens is 245 g/mol. The van der Waals surface area contributed by atoms with E-state index in [4.69, 9.17) is 0 Å². The Labute approximate surface area is 111 Å². The van der Waals surface area contributed by atoms with E-state index in [-0.39, 0.29) is 18.3 Å². The Hall–Kier alpha value is -1.91. The normalized spacial score (nSPS) is 11.8. The number of rotatable bonds is 2. The van der Waals surface area contributed by atoms with Crippen LogP contribution in [0.25, 0.3) is 5.65 Å². The van der Waals surface area contributed by atoms with E-state index in [0.29, 0.717) is 11.2 Å². The van der Waals surface area contributed by atoms with E-state index in [1.165, 1.54) is 6.07 Å². The summed E-state index contributed by atoms with van der Waals surface area (Å²) in [7, 11) is 0. The molecule has 0 fully saturated rings. The molecule has 0 unspecified atom stereocenters. The van der Waals surface area contributed by atoms with Gasteiger partial charge in [0.2, 0.25) is 5.91 Å². The number of fused-ring (bicyclic) bond motifs is 1. The zero-order chi connectivity index (χ0) is 14.2. The fourth-order valence-electron chi connectivity index (χ4n) is 1.86. The van der Waals surface area contributed by atoms with Crippen LogP contribution in [0.5, 0.6) is 0 Å². The van der Waals surface area contributed by atoms with E-state index in [1.54, 1.807) is 12.4 Å². The first-order chi connectivity index (χ1) is 8.80. The summed E-state index contributed by atoms with van der Waals surface area (Å²) in [4.78, 5) is 16.0. The minimum absolute atomic E-state index is 0.114. The van der Waals surface area contributed by atoms with Gasteiger partial charge in [-0.15, -0.1) is 0 Å². The van der Waals surface area contributed by atoms with Crippen LogP contribution in [0.4, 0.5) is 4.39 Å². The molecule has 1 amide bonds. The van der Waals surface area contributed by atoms with Crippen molar-refractivity contribution < 1.29 is 9.18 Å². The van der Waals surface area contributed by atoms with Crippen molar-refractivity contribution >= 4 is 11.6 Å². The third kappa shape index (κ3) is 2.59. The Morgan fingerprint density at radius 2 is 2.16 bits per heavy atom. The fraction of sp³-hybridized carbons (Fsp3) is 0.429. The molecule has 4 nitrogen and oxygen atoms in total. The number of nitrogens with one attached hydrogen (secondary N) is 1. The Kier molecular flexibility index (Phi) is 3.30. The van der Waals surface area contributed by atoms with Gasteiger partial charge in [-0.3, -0.25) is 4.79 Å². The van der Waals surface area contributed by atoms with Gasteiger partial charge < -0.3 is 9.72 Å². The summed E-state index contributed by atoms with van der Waals surface area (Å²) >= 11 is 0. The molecule has 2 aromatic rings. The Bertz CT molecular complexity index is 625. The lowest BCUT2D eigenvalue weighted by Gasteiger charge is -2.18. The standard InChI is InChI=1S/C14H18FN3O/c1-9-7-11(15)10(12-16-5-6-18(9)12)8-17-13(19)14(2,3)4/h5-7H,8H2,1-4H3,(H,17,19). The average molecular weight is 263 g/mol. The van der Waals surface area contributed by atoms with Crippen molar-refractivity contribution in [3.05, 3.63) is 35.5 Å². The number of carbonyl (C=O) groups excluding carboxylic acids is 1. The number of imidazole rings is 1. The van der Waals surface area contributed by atoms with Gasteiger partial charge in [-0.1, -0.05) is 20.8 Å². The molecule has 1 N–H and O–H groups in total. The van der Waals surface area contributed by atoms with Crippen LogP contribution in [-0.4, -0.2) is 15.3 Å². The van der Waals surface area contributed by atoms with Crippen molar-refractivity contribution in [1.82, 2.24) is 14.7 Å². The Morgan fingerprint density at radius 1 is 1.47 bits per heavy atom. The highest BCUT2D eigenvalue weighted by Gasteiger charge is 2.21. The maximum Gasteiger partial charge on any atom is 0.225 e. The predicted octanol–water partition coefficient (Wildman–Crippen LogP) is 2.44. The van der Waals surface area contributed by atoms with Crippen molar-refractivity contribution in [2.24, 2.45) is 5.41 Å². The summed E-state index contributed by atoms with van der Waals surface area (Å²) in [6.07, 6.45) is 3.40. The Morgan fingerprint density at radius 3 is 2.79 bits per heavy atom. The summed E-state index contributed by atoms with van der Waals surface area (Å²) in [6.45, 7) is 7.41. The number of pyridine rings is 1. The zero-order valence-corrected chi connectivity index (χ0v) is 11.6. The fourth-order valence-corrected chi connectivity index (χ4v) is 1.86. The first kappa shape index (κ1) is 13.5. The van der Waals surface area contributed by atoms with Gasteiger partial charge in [0.25, 0.3) is 0 Å². The highest BCUT2D eigenvalue weighted by atomic mass is 19.1. The van der Waals surface area contributed by atoms with E-state index in [0.717, 1.165) is 5.69 Å². The monoisotopic (exact) mass is 263 g/mol. The van der Waals surface area contributed by atoms with Crippen molar-refractivity contribution in [2.45, 2.75) is 34.2 Å². The zero-order valence-electron chi connectivity index (χ0n) is 11.6. The van der Waals surface area contributed by atoms with Crippen LogP contribution in [0.2, 0.25) is 0 Å². The van der Waals surface area contributed by atoms with Gasteiger partial charge in [-0.2, -0.15) is 0 Å². The molecule has 0 aromatic carbocycles. The highest BCUT2D eigenvalue weighted by Crippen LogP contribution is 2.18. The molecule has 19 heavy (non-hydrogen) atoms. The largest absolute Gasteiger partial charge is 0.351 e. The third-order valence-corrected chi connectivity index (χ3v) is 3.02. The summed E-state index contributed by atoms with van der Waals surface area (Å²) in [5, 5.41) is 2.75. The van der Waals surface area contributed by atoms with Crippen LogP contribution >= 0.6 is 0 Å². The second-order valence-corrected chi connectivity index (χ2v) is 5.67.